The molecule has 6 rings (SSSR count). The van der Waals surface area contributed by atoms with Gasteiger partial charge in [0, 0.05) is 37.2 Å². The van der Waals surface area contributed by atoms with Gasteiger partial charge in [0.2, 0.25) is 0 Å². The van der Waals surface area contributed by atoms with Crippen LogP contribution >= 0.6 is 0 Å². The smallest absolute Gasteiger partial charge is 0.418 e. The molecule has 6 heterocycles. The summed E-state index contributed by atoms with van der Waals surface area (Å²) in [5.41, 5.74) is 5.49. The normalized spacial score (nSPS) is 9.96. The molecule has 0 spiro atoms. The second-order valence-corrected chi connectivity index (χ2v) is 8.28. The zero-order valence-corrected chi connectivity index (χ0v) is 25.0. The Morgan fingerprint density at radius 1 is 0.277 bits per heavy atom. The molecule has 6 nitrogen and oxygen atoms in total. The van der Waals surface area contributed by atoms with Crippen LogP contribution in [-0.4, -0.2) is 44.4 Å². The Morgan fingerprint density at radius 3 is 0.489 bits per heavy atom. The average Bonchev–Trinajstić information content (AvgIpc) is 3.06. The first-order valence-electron chi connectivity index (χ1n) is 13.1. The SMILES string of the molecule is F[B-](F)(F)F.F[B-](F)(F)F.[Cu+2].c1ccc(-c2ccccn2)nc1.c1ccc(-c2ccccn2)nc1.c1ccc(-c2ccccn2)nc1. The van der Waals surface area contributed by atoms with E-state index >= 15 is 0 Å². The molecule has 0 aliphatic carbocycles. The fourth-order valence-corrected chi connectivity index (χ4v) is 3.09. The zero-order chi connectivity index (χ0) is 33.7. The summed E-state index contributed by atoms with van der Waals surface area (Å²) in [5, 5.41) is 0. The van der Waals surface area contributed by atoms with Crippen molar-refractivity contribution in [3.63, 3.8) is 0 Å². The summed E-state index contributed by atoms with van der Waals surface area (Å²) in [4.78, 5) is 25.1. The van der Waals surface area contributed by atoms with Gasteiger partial charge in [0.25, 0.3) is 0 Å². The molecule has 0 saturated heterocycles. The molecule has 247 valence electrons. The second-order valence-electron chi connectivity index (χ2n) is 8.28. The van der Waals surface area contributed by atoms with Gasteiger partial charge >= 0.3 is 31.6 Å². The zero-order valence-electron chi connectivity index (χ0n) is 24.0. The molecular formula is C30H24B2CuF8N6. The van der Waals surface area contributed by atoms with Crippen molar-refractivity contribution in [3.05, 3.63) is 146 Å². The molecule has 17 heteroatoms. The first-order valence-corrected chi connectivity index (χ1v) is 13.1. The second kappa shape index (κ2) is 21.7. The molecule has 0 amide bonds. The number of nitrogens with zero attached hydrogens (tertiary/aromatic N) is 6. The maximum absolute atomic E-state index is 9.75. The first kappa shape index (κ1) is 40.0. The van der Waals surface area contributed by atoms with Crippen LogP contribution in [-0.2, 0) is 17.1 Å². The molecule has 0 aliphatic heterocycles. The molecule has 6 aromatic heterocycles. The maximum Gasteiger partial charge on any atom is 2.00 e. The van der Waals surface area contributed by atoms with Crippen molar-refractivity contribution in [3.8, 4) is 34.2 Å². The maximum atomic E-state index is 9.75. The van der Waals surface area contributed by atoms with Crippen molar-refractivity contribution < 1.29 is 51.6 Å². The van der Waals surface area contributed by atoms with Gasteiger partial charge in [-0.2, -0.15) is 0 Å². The third-order valence-electron chi connectivity index (χ3n) is 4.78. The Labute approximate surface area is 276 Å². The molecule has 0 aliphatic rings. The molecule has 47 heavy (non-hydrogen) atoms. The van der Waals surface area contributed by atoms with E-state index in [4.69, 9.17) is 0 Å². The van der Waals surface area contributed by atoms with E-state index in [9.17, 15) is 34.5 Å². The van der Waals surface area contributed by atoms with E-state index in [1.807, 2.05) is 109 Å². The van der Waals surface area contributed by atoms with Crippen LogP contribution in [0.3, 0.4) is 0 Å². The Kier molecular flexibility index (Phi) is 18.5. The minimum Gasteiger partial charge on any atom is -0.418 e. The van der Waals surface area contributed by atoms with Gasteiger partial charge in [-0.15, -0.1) is 0 Å². The van der Waals surface area contributed by atoms with Crippen molar-refractivity contribution in [1.29, 1.82) is 0 Å². The molecule has 0 aromatic carbocycles. The largest absolute Gasteiger partial charge is 2.00 e. The molecular weight excluding hydrogens is 682 g/mol. The van der Waals surface area contributed by atoms with Gasteiger partial charge < -0.3 is 34.5 Å². The van der Waals surface area contributed by atoms with Crippen LogP contribution in [0.5, 0.6) is 0 Å². The minimum absolute atomic E-state index is 0. The van der Waals surface area contributed by atoms with Gasteiger partial charge in [0.05, 0.1) is 34.2 Å². The van der Waals surface area contributed by atoms with Crippen molar-refractivity contribution in [2.75, 3.05) is 0 Å². The van der Waals surface area contributed by atoms with Gasteiger partial charge in [0.1, 0.15) is 0 Å². The van der Waals surface area contributed by atoms with Crippen molar-refractivity contribution in [1.82, 2.24) is 29.9 Å². The molecule has 0 atom stereocenters. The molecule has 0 saturated carbocycles. The van der Waals surface area contributed by atoms with E-state index in [1.54, 1.807) is 37.2 Å². The van der Waals surface area contributed by atoms with Gasteiger partial charge in [-0.3, -0.25) is 29.9 Å². The van der Waals surface area contributed by atoms with Crippen LogP contribution in [0.25, 0.3) is 34.2 Å². The number of rotatable bonds is 3. The van der Waals surface area contributed by atoms with Crippen LogP contribution in [0.1, 0.15) is 0 Å². The number of halogens is 8. The van der Waals surface area contributed by atoms with E-state index < -0.39 is 14.5 Å². The van der Waals surface area contributed by atoms with Crippen LogP contribution in [0.4, 0.5) is 34.5 Å². The van der Waals surface area contributed by atoms with Crippen LogP contribution < -0.4 is 0 Å². The number of hydrogen-bond acceptors (Lipinski definition) is 6. The monoisotopic (exact) mass is 705 g/mol. The number of hydrogen-bond donors (Lipinski definition) is 0. The number of pyridine rings is 6. The predicted octanol–water partition coefficient (Wildman–Crippen LogP) is 9.03. The molecule has 6 aromatic rings. The van der Waals surface area contributed by atoms with Crippen molar-refractivity contribution >= 4 is 14.5 Å². The molecule has 0 fully saturated rings. The van der Waals surface area contributed by atoms with E-state index in [-0.39, 0.29) is 17.1 Å². The molecule has 0 bridgehead atoms. The molecule has 0 N–H and O–H groups in total. The Morgan fingerprint density at radius 2 is 0.404 bits per heavy atom. The summed E-state index contributed by atoms with van der Waals surface area (Å²) in [6.45, 7) is 0. The van der Waals surface area contributed by atoms with Crippen molar-refractivity contribution in [2.45, 2.75) is 0 Å². The third-order valence-corrected chi connectivity index (χ3v) is 4.78. The number of aromatic nitrogens is 6. The van der Waals surface area contributed by atoms with E-state index in [0.717, 1.165) is 34.2 Å². The Bertz CT molecular complexity index is 1300. The molecule has 1 radical (unpaired) electrons. The van der Waals surface area contributed by atoms with Crippen LogP contribution in [0.15, 0.2) is 146 Å². The van der Waals surface area contributed by atoms with E-state index in [1.165, 1.54) is 0 Å². The Balaban J connectivity index is 0.000000307. The predicted molar refractivity (Wildman–Crippen MR) is 163 cm³/mol. The fourth-order valence-electron chi connectivity index (χ4n) is 3.09. The fraction of sp³-hybridized carbons (Fsp3) is 0. The summed E-state index contributed by atoms with van der Waals surface area (Å²) < 4.78 is 78.0. The summed E-state index contributed by atoms with van der Waals surface area (Å²) in [6.07, 6.45) is 10.6. The summed E-state index contributed by atoms with van der Waals surface area (Å²) in [6, 6.07) is 34.8. The first-order chi connectivity index (χ1) is 21.9. The van der Waals surface area contributed by atoms with Crippen LogP contribution in [0.2, 0.25) is 0 Å². The standard InChI is InChI=1S/3C10H8N2.2BF4.Cu/c3*1-3-7-11-9(5-1)10-6-2-4-8-12-10;2*2-1(3,4)5;/h3*1-8H;;;/q;;;2*-1;+2. The Hall–Kier alpha value is -5.01. The van der Waals surface area contributed by atoms with E-state index in [2.05, 4.69) is 29.9 Å². The summed E-state index contributed by atoms with van der Waals surface area (Å²) in [5.74, 6) is 0. The van der Waals surface area contributed by atoms with Gasteiger partial charge in [0.15, 0.2) is 0 Å². The van der Waals surface area contributed by atoms with Crippen LogP contribution in [0, 0.1) is 0 Å². The van der Waals surface area contributed by atoms with E-state index in [0.29, 0.717) is 0 Å². The van der Waals surface area contributed by atoms with Gasteiger partial charge in [-0.25, -0.2) is 0 Å². The average molecular weight is 706 g/mol. The third kappa shape index (κ3) is 20.6. The van der Waals surface area contributed by atoms with Gasteiger partial charge in [-0.05, 0) is 72.8 Å². The van der Waals surface area contributed by atoms with Crippen molar-refractivity contribution in [2.24, 2.45) is 0 Å². The summed E-state index contributed by atoms with van der Waals surface area (Å²) >= 11 is 0. The van der Waals surface area contributed by atoms with Gasteiger partial charge in [-0.1, -0.05) is 36.4 Å². The molecule has 0 unspecified atom stereocenters. The topological polar surface area (TPSA) is 77.3 Å². The quantitative estimate of drug-likeness (QED) is 0.135. The summed E-state index contributed by atoms with van der Waals surface area (Å²) in [7, 11) is -12.0. The minimum atomic E-state index is -6.00.